The Bertz CT molecular complexity index is 872. The van der Waals surface area contributed by atoms with Crippen LogP contribution in [0.2, 0.25) is 0 Å². The molecular formula is C16H12N4O. The van der Waals surface area contributed by atoms with E-state index in [1.807, 2.05) is 59.3 Å². The Morgan fingerprint density at radius 3 is 2.62 bits per heavy atom. The van der Waals surface area contributed by atoms with E-state index < -0.39 is 0 Å². The van der Waals surface area contributed by atoms with Gasteiger partial charge in [-0.3, -0.25) is 4.57 Å². The summed E-state index contributed by atoms with van der Waals surface area (Å²) in [5.41, 5.74) is 8.98. The summed E-state index contributed by atoms with van der Waals surface area (Å²) in [5.74, 6) is 0.765. The second-order valence-electron chi connectivity index (χ2n) is 4.71. The second kappa shape index (κ2) is 4.49. The van der Waals surface area contributed by atoms with Crippen LogP contribution in [0, 0.1) is 0 Å². The molecule has 2 heterocycles. The predicted molar refractivity (Wildman–Crippen MR) is 81.0 cm³/mol. The summed E-state index contributed by atoms with van der Waals surface area (Å²) >= 11 is 0. The molecule has 0 radical (unpaired) electrons. The molecule has 0 atom stereocenters. The molecule has 2 aromatic carbocycles. The number of nitrogen functional groups attached to an aromatic ring is 1. The zero-order valence-electron chi connectivity index (χ0n) is 11.1. The van der Waals surface area contributed by atoms with Crippen molar-refractivity contribution in [3.05, 3.63) is 60.9 Å². The van der Waals surface area contributed by atoms with E-state index in [1.165, 1.54) is 0 Å². The molecule has 0 saturated carbocycles. The number of benzene rings is 2. The van der Waals surface area contributed by atoms with E-state index in [0.29, 0.717) is 6.01 Å². The van der Waals surface area contributed by atoms with Crippen LogP contribution in [0.5, 0.6) is 0 Å². The second-order valence-corrected chi connectivity index (χ2v) is 4.71. The minimum atomic E-state index is 0.500. The zero-order valence-corrected chi connectivity index (χ0v) is 11.1. The molecule has 0 fully saturated rings. The molecule has 0 bridgehead atoms. The monoisotopic (exact) mass is 276 g/mol. The van der Waals surface area contributed by atoms with Gasteiger partial charge in [-0.05, 0) is 36.4 Å². The van der Waals surface area contributed by atoms with Crippen LogP contribution in [-0.4, -0.2) is 14.5 Å². The lowest BCUT2D eigenvalue weighted by atomic mass is 10.2. The molecule has 0 unspecified atom stereocenters. The van der Waals surface area contributed by atoms with Crippen LogP contribution in [0.3, 0.4) is 0 Å². The largest absolute Gasteiger partial charge is 0.423 e. The first-order valence-corrected chi connectivity index (χ1v) is 6.56. The van der Waals surface area contributed by atoms with Gasteiger partial charge in [-0.2, -0.15) is 4.98 Å². The third kappa shape index (κ3) is 1.95. The van der Waals surface area contributed by atoms with Crippen LogP contribution in [0.1, 0.15) is 0 Å². The summed E-state index contributed by atoms with van der Waals surface area (Å²) in [6.45, 7) is 0. The zero-order chi connectivity index (χ0) is 14.2. The lowest BCUT2D eigenvalue weighted by molar-refractivity contribution is 0.566. The highest BCUT2D eigenvalue weighted by atomic mass is 16.4. The molecule has 0 aliphatic rings. The normalized spacial score (nSPS) is 11.0. The van der Waals surface area contributed by atoms with Gasteiger partial charge in [0.05, 0.1) is 0 Å². The highest BCUT2D eigenvalue weighted by Crippen LogP contribution is 2.24. The van der Waals surface area contributed by atoms with E-state index >= 15 is 0 Å². The van der Waals surface area contributed by atoms with Crippen molar-refractivity contribution >= 4 is 16.8 Å². The molecule has 0 saturated heterocycles. The van der Waals surface area contributed by atoms with Crippen molar-refractivity contribution in [3.63, 3.8) is 0 Å². The maximum atomic E-state index is 5.79. The summed E-state index contributed by atoms with van der Waals surface area (Å²) in [7, 11) is 0. The van der Waals surface area contributed by atoms with Crippen molar-refractivity contribution < 1.29 is 4.42 Å². The first-order chi connectivity index (χ1) is 10.3. The fourth-order valence-electron chi connectivity index (χ4n) is 2.27. The first kappa shape index (κ1) is 11.7. The van der Waals surface area contributed by atoms with Gasteiger partial charge in [0.25, 0.3) is 0 Å². The van der Waals surface area contributed by atoms with Gasteiger partial charge in [0.1, 0.15) is 11.3 Å². The summed E-state index contributed by atoms with van der Waals surface area (Å²) in [6, 6.07) is 15.7. The Kier molecular flexibility index (Phi) is 2.50. The van der Waals surface area contributed by atoms with Crippen LogP contribution in [0.4, 0.5) is 5.69 Å². The van der Waals surface area contributed by atoms with E-state index in [-0.39, 0.29) is 0 Å². The van der Waals surface area contributed by atoms with Crippen molar-refractivity contribution in [2.24, 2.45) is 0 Å². The van der Waals surface area contributed by atoms with Gasteiger partial charge in [0, 0.05) is 23.6 Å². The SMILES string of the molecule is Nc1ccc(-c2nccn2-c2nc3ccccc3o2)cc1. The number of anilines is 1. The fourth-order valence-corrected chi connectivity index (χ4v) is 2.27. The lowest BCUT2D eigenvalue weighted by Crippen LogP contribution is -1.96. The predicted octanol–water partition coefficient (Wildman–Crippen LogP) is 3.26. The third-order valence-corrected chi connectivity index (χ3v) is 3.30. The quantitative estimate of drug-likeness (QED) is 0.570. The molecule has 4 rings (SSSR count). The Hall–Kier alpha value is -3.08. The number of nitrogens with zero attached hydrogens (tertiary/aromatic N) is 3. The lowest BCUT2D eigenvalue weighted by Gasteiger charge is -2.03. The molecule has 2 N–H and O–H groups in total. The van der Waals surface area contributed by atoms with Crippen molar-refractivity contribution in [2.75, 3.05) is 5.73 Å². The van der Waals surface area contributed by atoms with Crippen molar-refractivity contribution in [2.45, 2.75) is 0 Å². The summed E-state index contributed by atoms with van der Waals surface area (Å²) < 4.78 is 7.61. The summed E-state index contributed by atoms with van der Waals surface area (Å²) in [5, 5.41) is 0. The number of hydrogen-bond donors (Lipinski definition) is 1. The number of rotatable bonds is 2. The van der Waals surface area contributed by atoms with Gasteiger partial charge < -0.3 is 10.2 Å². The standard InChI is InChI=1S/C16H12N4O/c17-12-7-5-11(6-8-12)15-18-9-10-20(15)16-19-13-3-1-2-4-14(13)21-16/h1-10H,17H2. The Morgan fingerprint density at radius 1 is 1.00 bits per heavy atom. The molecule has 102 valence electrons. The minimum absolute atomic E-state index is 0.500. The van der Waals surface area contributed by atoms with E-state index in [1.54, 1.807) is 6.20 Å². The van der Waals surface area contributed by atoms with Crippen LogP contribution >= 0.6 is 0 Å². The van der Waals surface area contributed by atoms with E-state index in [2.05, 4.69) is 9.97 Å². The number of nitrogens with two attached hydrogens (primary N) is 1. The topological polar surface area (TPSA) is 69.9 Å². The Balaban J connectivity index is 1.86. The Morgan fingerprint density at radius 2 is 1.81 bits per heavy atom. The van der Waals surface area contributed by atoms with Crippen LogP contribution in [0.15, 0.2) is 65.3 Å². The van der Waals surface area contributed by atoms with E-state index in [4.69, 9.17) is 10.2 Å². The van der Waals surface area contributed by atoms with Crippen LogP contribution in [-0.2, 0) is 0 Å². The molecule has 0 aliphatic carbocycles. The fraction of sp³-hybridized carbons (Fsp3) is 0. The van der Waals surface area contributed by atoms with E-state index in [9.17, 15) is 0 Å². The van der Waals surface area contributed by atoms with Crippen LogP contribution in [0.25, 0.3) is 28.5 Å². The van der Waals surface area contributed by atoms with Gasteiger partial charge in [-0.1, -0.05) is 12.1 Å². The molecule has 5 nitrogen and oxygen atoms in total. The van der Waals surface area contributed by atoms with Crippen molar-refractivity contribution in [1.29, 1.82) is 0 Å². The average molecular weight is 276 g/mol. The minimum Gasteiger partial charge on any atom is -0.423 e. The molecule has 4 aromatic rings. The number of imidazole rings is 1. The summed E-state index contributed by atoms with van der Waals surface area (Å²) in [6.07, 6.45) is 3.55. The van der Waals surface area contributed by atoms with Crippen molar-refractivity contribution in [3.8, 4) is 17.4 Å². The van der Waals surface area contributed by atoms with Gasteiger partial charge in [-0.15, -0.1) is 0 Å². The third-order valence-electron chi connectivity index (χ3n) is 3.30. The maximum Gasteiger partial charge on any atom is 0.308 e. The number of para-hydroxylation sites is 2. The highest BCUT2D eigenvalue weighted by Gasteiger charge is 2.12. The van der Waals surface area contributed by atoms with E-state index in [0.717, 1.165) is 28.2 Å². The number of hydrogen-bond acceptors (Lipinski definition) is 4. The Labute approximate surface area is 120 Å². The smallest absolute Gasteiger partial charge is 0.308 e. The van der Waals surface area contributed by atoms with Crippen molar-refractivity contribution in [1.82, 2.24) is 14.5 Å². The molecule has 5 heteroatoms. The van der Waals surface area contributed by atoms with Gasteiger partial charge in [0.15, 0.2) is 5.58 Å². The van der Waals surface area contributed by atoms with Gasteiger partial charge in [0.2, 0.25) is 0 Å². The molecular weight excluding hydrogens is 264 g/mol. The number of aromatic nitrogens is 3. The average Bonchev–Trinajstić information content (AvgIpc) is 3.14. The van der Waals surface area contributed by atoms with Gasteiger partial charge in [-0.25, -0.2) is 4.98 Å². The molecule has 0 aliphatic heterocycles. The highest BCUT2D eigenvalue weighted by molar-refractivity contribution is 5.73. The maximum absolute atomic E-state index is 5.79. The number of oxazole rings is 1. The molecule has 21 heavy (non-hydrogen) atoms. The molecule has 2 aromatic heterocycles. The molecule has 0 spiro atoms. The first-order valence-electron chi connectivity index (χ1n) is 6.56. The molecule has 0 amide bonds. The van der Waals surface area contributed by atoms with Crippen LogP contribution < -0.4 is 5.73 Å². The summed E-state index contributed by atoms with van der Waals surface area (Å²) in [4.78, 5) is 8.88. The van der Waals surface area contributed by atoms with Gasteiger partial charge >= 0.3 is 6.01 Å². The number of fused-ring (bicyclic) bond motifs is 1.